The molecule has 1 N–H and O–H groups in total. The van der Waals surface area contributed by atoms with Crippen LogP contribution in [0, 0.1) is 5.41 Å². The standard InChI is InChI=1S/C15H20ClNO3/c1-11(12-4-3-5-13(16)8-12)17(2)9-15(14(18)19)6-7-20-10-15/h3-5,8,11H,6-7,9-10H2,1-2H3,(H,18,19). The van der Waals surface area contributed by atoms with Gasteiger partial charge in [-0.3, -0.25) is 9.69 Å². The lowest BCUT2D eigenvalue weighted by molar-refractivity contribution is -0.150. The summed E-state index contributed by atoms with van der Waals surface area (Å²) in [5.74, 6) is -0.778. The van der Waals surface area contributed by atoms with Gasteiger partial charge in [0, 0.05) is 24.2 Å². The van der Waals surface area contributed by atoms with Crippen LogP contribution in [-0.4, -0.2) is 42.8 Å². The van der Waals surface area contributed by atoms with E-state index >= 15 is 0 Å². The minimum absolute atomic E-state index is 0.102. The quantitative estimate of drug-likeness (QED) is 0.908. The third-order valence-electron chi connectivity index (χ3n) is 4.10. The van der Waals surface area contributed by atoms with E-state index in [4.69, 9.17) is 16.3 Å². The first-order valence-electron chi connectivity index (χ1n) is 6.71. The minimum Gasteiger partial charge on any atom is -0.481 e. The first-order chi connectivity index (χ1) is 9.44. The van der Waals surface area contributed by atoms with E-state index in [1.165, 1.54) is 0 Å². The Bertz CT molecular complexity index is 486. The van der Waals surface area contributed by atoms with Gasteiger partial charge >= 0.3 is 5.97 Å². The maximum Gasteiger partial charge on any atom is 0.313 e. The van der Waals surface area contributed by atoms with Crippen LogP contribution in [-0.2, 0) is 9.53 Å². The number of carboxylic acids is 1. The van der Waals surface area contributed by atoms with Crippen LogP contribution >= 0.6 is 11.6 Å². The highest BCUT2D eigenvalue weighted by atomic mass is 35.5. The Morgan fingerprint density at radius 1 is 1.60 bits per heavy atom. The summed E-state index contributed by atoms with van der Waals surface area (Å²) in [6.07, 6.45) is 0.564. The van der Waals surface area contributed by atoms with Crippen LogP contribution in [0.25, 0.3) is 0 Å². The molecule has 1 heterocycles. The monoisotopic (exact) mass is 297 g/mol. The van der Waals surface area contributed by atoms with E-state index in [-0.39, 0.29) is 12.6 Å². The molecule has 4 nitrogen and oxygen atoms in total. The molecule has 0 saturated carbocycles. The van der Waals surface area contributed by atoms with Crippen molar-refractivity contribution >= 4 is 17.6 Å². The number of ether oxygens (including phenoxy) is 1. The lowest BCUT2D eigenvalue weighted by atomic mass is 9.86. The topological polar surface area (TPSA) is 49.8 Å². The summed E-state index contributed by atoms with van der Waals surface area (Å²) in [4.78, 5) is 13.6. The van der Waals surface area contributed by atoms with Gasteiger partial charge in [-0.1, -0.05) is 23.7 Å². The molecule has 1 aromatic rings. The molecular weight excluding hydrogens is 278 g/mol. The molecule has 0 spiro atoms. The number of halogens is 1. The maximum atomic E-state index is 11.5. The number of aliphatic carboxylic acids is 1. The maximum absolute atomic E-state index is 11.5. The van der Waals surface area contributed by atoms with Gasteiger partial charge in [-0.2, -0.15) is 0 Å². The number of benzene rings is 1. The molecule has 20 heavy (non-hydrogen) atoms. The van der Waals surface area contributed by atoms with Crippen molar-refractivity contribution in [2.45, 2.75) is 19.4 Å². The molecular formula is C15H20ClNO3. The average Bonchev–Trinajstić information content (AvgIpc) is 2.87. The third-order valence-corrected chi connectivity index (χ3v) is 4.34. The lowest BCUT2D eigenvalue weighted by Crippen LogP contribution is -2.43. The van der Waals surface area contributed by atoms with E-state index in [0.29, 0.717) is 24.6 Å². The predicted molar refractivity (Wildman–Crippen MR) is 78.0 cm³/mol. The van der Waals surface area contributed by atoms with Crippen LogP contribution in [0.3, 0.4) is 0 Å². The summed E-state index contributed by atoms with van der Waals surface area (Å²) >= 11 is 6.01. The van der Waals surface area contributed by atoms with E-state index in [0.717, 1.165) is 5.56 Å². The van der Waals surface area contributed by atoms with Crippen LogP contribution in [0.1, 0.15) is 24.9 Å². The largest absolute Gasteiger partial charge is 0.481 e. The van der Waals surface area contributed by atoms with Gasteiger partial charge < -0.3 is 9.84 Å². The summed E-state index contributed by atoms with van der Waals surface area (Å²) in [6.45, 7) is 3.33. The third kappa shape index (κ3) is 3.14. The second-order valence-electron chi connectivity index (χ2n) is 5.53. The summed E-state index contributed by atoms with van der Waals surface area (Å²) in [7, 11) is 1.94. The van der Waals surface area contributed by atoms with Gasteiger partial charge in [-0.15, -0.1) is 0 Å². The first-order valence-corrected chi connectivity index (χ1v) is 7.09. The minimum atomic E-state index is -0.790. The number of nitrogens with zero attached hydrogens (tertiary/aromatic N) is 1. The predicted octanol–water partition coefficient (Wildman–Crippen LogP) is 2.82. The molecule has 0 radical (unpaired) electrons. The van der Waals surface area contributed by atoms with E-state index in [9.17, 15) is 9.90 Å². The van der Waals surface area contributed by atoms with E-state index in [1.807, 2.05) is 31.3 Å². The Morgan fingerprint density at radius 2 is 2.35 bits per heavy atom. The number of hydrogen-bond acceptors (Lipinski definition) is 3. The van der Waals surface area contributed by atoms with Gasteiger partial charge in [0.2, 0.25) is 0 Å². The second-order valence-corrected chi connectivity index (χ2v) is 5.97. The number of carbonyl (C=O) groups is 1. The summed E-state index contributed by atoms with van der Waals surface area (Å²) in [5, 5.41) is 10.2. The summed E-state index contributed by atoms with van der Waals surface area (Å²) in [6, 6.07) is 7.77. The van der Waals surface area contributed by atoms with Crippen molar-refractivity contribution in [1.29, 1.82) is 0 Å². The first kappa shape index (κ1) is 15.3. The Morgan fingerprint density at radius 3 is 2.90 bits per heavy atom. The van der Waals surface area contributed by atoms with E-state index < -0.39 is 11.4 Å². The van der Waals surface area contributed by atoms with Crippen LogP contribution < -0.4 is 0 Å². The van der Waals surface area contributed by atoms with Crippen LogP contribution in [0.15, 0.2) is 24.3 Å². The van der Waals surface area contributed by atoms with E-state index in [1.54, 1.807) is 0 Å². The fourth-order valence-electron chi connectivity index (χ4n) is 2.60. The average molecular weight is 298 g/mol. The molecule has 0 aromatic heterocycles. The number of carboxylic acid groups (broad SMARTS) is 1. The molecule has 0 aliphatic carbocycles. The molecule has 2 atom stereocenters. The second kappa shape index (κ2) is 6.12. The van der Waals surface area contributed by atoms with Gasteiger partial charge in [0.05, 0.1) is 6.61 Å². The van der Waals surface area contributed by atoms with Crippen LogP contribution in [0.5, 0.6) is 0 Å². The van der Waals surface area contributed by atoms with Gasteiger partial charge in [-0.05, 0) is 38.1 Å². The lowest BCUT2D eigenvalue weighted by Gasteiger charge is -2.32. The highest BCUT2D eigenvalue weighted by molar-refractivity contribution is 6.30. The molecule has 5 heteroatoms. The van der Waals surface area contributed by atoms with Gasteiger partial charge in [0.25, 0.3) is 0 Å². The van der Waals surface area contributed by atoms with Gasteiger partial charge in [-0.25, -0.2) is 0 Å². The normalized spacial score (nSPS) is 24.0. The van der Waals surface area contributed by atoms with E-state index in [2.05, 4.69) is 11.8 Å². The summed E-state index contributed by atoms with van der Waals surface area (Å²) in [5.41, 5.74) is 0.293. The zero-order valence-corrected chi connectivity index (χ0v) is 12.6. The molecule has 0 amide bonds. The highest BCUT2D eigenvalue weighted by Gasteiger charge is 2.43. The van der Waals surface area contributed by atoms with Crippen molar-refractivity contribution in [1.82, 2.24) is 4.90 Å². The fourth-order valence-corrected chi connectivity index (χ4v) is 2.80. The highest BCUT2D eigenvalue weighted by Crippen LogP contribution is 2.32. The molecule has 1 fully saturated rings. The number of rotatable bonds is 5. The number of hydrogen-bond donors (Lipinski definition) is 1. The molecule has 2 rings (SSSR count). The van der Waals surface area contributed by atoms with Crippen molar-refractivity contribution in [3.05, 3.63) is 34.9 Å². The van der Waals surface area contributed by atoms with Crippen molar-refractivity contribution in [3.63, 3.8) is 0 Å². The molecule has 2 unspecified atom stereocenters. The van der Waals surface area contributed by atoms with Gasteiger partial charge in [0.1, 0.15) is 5.41 Å². The zero-order valence-electron chi connectivity index (χ0n) is 11.8. The molecule has 1 aliphatic rings. The summed E-state index contributed by atoms with van der Waals surface area (Å²) < 4.78 is 5.30. The molecule has 1 aliphatic heterocycles. The Balaban J connectivity index is 2.11. The van der Waals surface area contributed by atoms with Crippen LogP contribution in [0.2, 0.25) is 5.02 Å². The molecule has 1 aromatic carbocycles. The van der Waals surface area contributed by atoms with Gasteiger partial charge in [0.15, 0.2) is 0 Å². The molecule has 1 saturated heterocycles. The smallest absolute Gasteiger partial charge is 0.313 e. The fraction of sp³-hybridized carbons (Fsp3) is 0.533. The van der Waals surface area contributed by atoms with Crippen molar-refractivity contribution in [3.8, 4) is 0 Å². The van der Waals surface area contributed by atoms with Crippen molar-refractivity contribution < 1.29 is 14.6 Å². The Labute approximate surface area is 124 Å². The molecule has 110 valence electrons. The molecule has 0 bridgehead atoms. The Hall–Kier alpha value is -1.10. The zero-order chi connectivity index (χ0) is 14.8. The van der Waals surface area contributed by atoms with Crippen molar-refractivity contribution in [2.24, 2.45) is 5.41 Å². The van der Waals surface area contributed by atoms with Crippen molar-refractivity contribution in [2.75, 3.05) is 26.8 Å². The Kier molecular flexibility index (Phi) is 4.68. The SMILES string of the molecule is CC(c1cccc(Cl)c1)N(C)CC1(C(=O)O)CCOC1. The van der Waals surface area contributed by atoms with Crippen LogP contribution in [0.4, 0.5) is 0 Å².